The lowest BCUT2D eigenvalue weighted by atomic mass is 9.84. The lowest BCUT2D eigenvalue weighted by molar-refractivity contribution is -0.121. The van der Waals surface area contributed by atoms with Crippen molar-refractivity contribution in [1.29, 1.82) is 0 Å². The molecule has 0 saturated heterocycles. The van der Waals surface area contributed by atoms with Crippen molar-refractivity contribution in [2.75, 3.05) is 13.1 Å². The van der Waals surface area contributed by atoms with Crippen molar-refractivity contribution in [2.45, 2.75) is 39.5 Å². The van der Waals surface area contributed by atoms with Gasteiger partial charge in [-0.2, -0.15) is 5.10 Å². The van der Waals surface area contributed by atoms with Gasteiger partial charge in [-0.25, -0.2) is 0 Å². The molecule has 1 aromatic rings. The van der Waals surface area contributed by atoms with Crippen LogP contribution in [-0.4, -0.2) is 28.8 Å². The number of hydrogen-bond donors (Lipinski definition) is 2. The molecular formula is C14H26N4O. The molecule has 3 N–H and O–H groups in total. The number of carbonyl (C=O) groups excluding carboxylic acids is 1. The van der Waals surface area contributed by atoms with Crippen molar-refractivity contribution in [3.63, 3.8) is 0 Å². The van der Waals surface area contributed by atoms with E-state index >= 15 is 0 Å². The molecule has 0 fully saturated rings. The molecule has 5 nitrogen and oxygen atoms in total. The normalized spacial score (nSPS) is 11.6. The molecule has 0 radical (unpaired) electrons. The molecule has 19 heavy (non-hydrogen) atoms. The monoisotopic (exact) mass is 266 g/mol. The van der Waals surface area contributed by atoms with E-state index in [0.29, 0.717) is 19.5 Å². The predicted molar refractivity (Wildman–Crippen MR) is 76.6 cm³/mol. The van der Waals surface area contributed by atoms with Gasteiger partial charge in [0.05, 0.1) is 0 Å². The van der Waals surface area contributed by atoms with Crippen LogP contribution in [0.1, 0.15) is 38.8 Å². The Morgan fingerprint density at radius 2 is 2.21 bits per heavy atom. The van der Waals surface area contributed by atoms with Gasteiger partial charge >= 0.3 is 0 Å². The molecule has 1 amide bonds. The molecule has 0 aliphatic carbocycles. The highest BCUT2D eigenvalue weighted by atomic mass is 16.1. The average molecular weight is 266 g/mol. The molecule has 5 heteroatoms. The molecule has 0 spiro atoms. The van der Waals surface area contributed by atoms with Crippen LogP contribution in [0, 0.1) is 5.41 Å². The molecule has 0 unspecified atom stereocenters. The summed E-state index contributed by atoms with van der Waals surface area (Å²) in [6.07, 6.45) is 4.98. The van der Waals surface area contributed by atoms with E-state index in [2.05, 4.69) is 24.3 Å². The summed E-state index contributed by atoms with van der Waals surface area (Å²) in [5.74, 6) is 0.118. The minimum atomic E-state index is 0.118. The first-order valence-electron chi connectivity index (χ1n) is 6.88. The standard InChI is InChI=1S/C14H26N4O/c1-14(2,8-9-15)7-4-13(19)16-10-5-12-6-11-17-18(12)3/h6,11H,4-5,7-10,15H2,1-3H3,(H,16,19). The summed E-state index contributed by atoms with van der Waals surface area (Å²) < 4.78 is 1.83. The number of nitrogens with zero attached hydrogens (tertiary/aromatic N) is 2. The number of amides is 1. The zero-order valence-corrected chi connectivity index (χ0v) is 12.3. The van der Waals surface area contributed by atoms with Gasteiger partial charge < -0.3 is 11.1 Å². The Morgan fingerprint density at radius 1 is 1.47 bits per heavy atom. The van der Waals surface area contributed by atoms with Crippen LogP contribution < -0.4 is 11.1 Å². The molecular weight excluding hydrogens is 240 g/mol. The number of aryl methyl sites for hydroxylation is 1. The smallest absolute Gasteiger partial charge is 0.220 e. The van der Waals surface area contributed by atoms with Crippen LogP contribution in [-0.2, 0) is 18.3 Å². The van der Waals surface area contributed by atoms with Crippen molar-refractivity contribution in [2.24, 2.45) is 18.2 Å². The van der Waals surface area contributed by atoms with Crippen LogP contribution in [0.25, 0.3) is 0 Å². The molecule has 0 aliphatic heterocycles. The molecule has 0 atom stereocenters. The van der Waals surface area contributed by atoms with E-state index in [1.165, 1.54) is 0 Å². The number of carbonyl (C=O) groups is 1. The summed E-state index contributed by atoms with van der Waals surface area (Å²) >= 11 is 0. The maximum Gasteiger partial charge on any atom is 0.220 e. The highest BCUT2D eigenvalue weighted by Crippen LogP contribution is 2.25. The zero-order chi connectivity index (χ0) is 14.3. The number of rotatable bonds is 8. The SMILES string of the molecule is Cn1nccc1CCNC(=O)CCC(C)(C)CCN. The number of aromatic nitrogens is 2. The van der Waals surface area contributed by atoms with E-state index < -0.39 is 0 Å². The second kappa shape index (κ2) is 7.28. The van der Waals surface area contributed by atoms with Gasteiger partial charge in [0, 0.05) is 38.3 Å². The molecule has 0 saturated carbocycles. The maximum atomic E-state index is 11.7. The van der Waals surface area contributed by atoms with Crippen molar-refractivity contribution >= 4 is 5.91 Å². The number of nitrogens with two attached hydrogens (primary N) is 1. The quantitative estimate of drug-likeness (QED) is 0.743. The van der Waals surface area contributed by atoms with Crippen molar-refractivity contribution in [1.82, 2.24) is 15.1 Å². The van der Waals surface area contributed by atoms with Crippen LogP contribution in [0.3, 0.4) is 0 Å². The molecule has 108 valence electrons. The second-order valence-electron chi connectivity index (χ2n) is 5.75. The van der Waals surface area contributed by atoms with Crippen molar-refractivity contribution in [3.05, 3.63) is 18.0 Å². The van der Waals surface area contributed by atoms with E-state index in [1.54, 1.807) is 6.20 Å². The highest BCUT2D eigenvalue weighted by molar-refractivity contribution is 5.75. The molecule has 1 aromatic heterocycles. The van der Waals surface area contributed by atoms with E-state index in [-0.39, 0.29) is 11.3 Å². The van der Waals surface area contributed by atoms with Crippen LogP contribution >= 0.6 is 0 Å². The van der Waals surface area contributed by atoms with Crippen molar-refractivity contribution in [3.8, 4) is 0 Å². The second-order valence-corrected chi connectivity index (χ2v) is 5.75. The van der Waals surface area contributed by atoms with Gasteiger partial charge in [-0.05, 0) is 30.9 Å². The third-order valence-corrected chi connectivity index (χ3v) is 3.48. The Kier molecular flexibility index (Phi) is 6.02. The Bertz CT molecular complexity index is 398. The van der Waals surface area contributed by atoms with Crippen LogP contribution in [0.15, 0.2) is 12.3 Å². The summed E-state index contributed by atoms with van der Waals surface area (Å²) in [6, 6.07) is 1.97. The Balaban J connectivity index is 2.20. The molecule has 0 aromatic carbocycles. The number of hydrogen-bond acceptors (Lipinski definition) is 3. The fourth-order valence-corrected chi connectivity index (χ4v) is 2.03. The Morgan fingerprint density at radius 3 is 2.79 bits per heavy atom. The van der Waals surface area contributed by atoms with E-state index in [1.807, 2.05) is 17.8 Å². The van der Waals surface area contributed by atoms with Gasteiger partial charge in [-0.3, -0.25) is 9.48 Å². The largest absolute Gasteiger partial charge is 0.356 e. The summed E-state index contributed by atoms with van der Waals surface area (Å²) in [5, 5.41) is 7.05. The van der Waals surface area contributed by atoms with E-state index in [9.17, 15) is 4.79 Å². The van der Waals surface area contributed by atoms with Gasteiger partial charge in [0.1, 0.15) is 0 Å². The lowest BCUT2D eigenvalue weighted by Gasteiger charge is -2.23. The van der Waals surface area contributed by atoms with Gasteiger partial charge in [0.25, 0.3) is 0 Å². The van der Waals surface area contributed by atoms with Crippen molar-refractivity contribution < 1.29 is 4.79 Å². The average Bonchev–Trinajstić information content (AvgIpc) is 2.73. The molecule has 0 bridgehead atoms. The topological polar surface area (TPSA) is 72.9 Å². The van der Waals surface area contributed by atoms with E-state index in [4.69, 9.17) is 5.73 Å². The van der Waals surface area contributed by atoms with Crippen LogP contribution in [0.4, 0.5) is 0 Å². The summed E-state index contributed by atoms with van der Waals surface area (Å²) in [6.45, 7) is 5.65. The van der Waals surface area contributed by atoms with Gasteiger partial charge in [-0.1, -0.05) is 13.8 Å². The number of nitrogens with one attached hydrogen (secondary N) is 1. The molecule has 0 aliphatic rings. The summed E-state index contributed by atoms with van der Waals surface area (Å²) in [5.41, 5.74) is 6.84. The third kappa shape index (κ3) is 5.87. The first-order chi connectivity index (χ1) is 8.94. The summed E-state index contributed by atoms with van der Waals surface area (Å²) in [7, 11) is 1.91. The van der Waals surface area contributed by atoms with E-state index in [0.717, 1.165) is 25.0 Å². The Hall–Kier alpha value is -1.36. The fourth-order valence-electron chi connectivity index (χ4n) is 2.03. The Labute approximate surface area is 115 Å². The van der Waals surface area contributed by atoms with Gasteiger partial charge in [0.2, 0.25) is 5.91 Å². The first-order valence-corrected chi connectivity index (χ1v) is 6.88. The van der Waals surface area contributed by atoms with Gasteiger partial charge in [0.15, 0.2) is 0 Å². The third-order valence-electron chi connectivity index (χ3n) is 3.48. The van der Waals surface area contributed by atoms with Crippen LogP contribution in [0.2, 0.25) is 0 Å². The first kappa shape index (κ1) is 15.7. The minimum Gasteiger partial charge on any atom is -0.356 e. The molecule has 1 heterocycles. The van der Waals surface area contributed by atoms with Crippen LogP contribution in [0.5, 0.6) is 0 Å². The molecule has 1 rings (SSSR count). The minimum absolute atomic E-state index is 0.118. The maximum absolute atomic E-state index is 11.7. The van der Waals surface area contributed by atoms with Gasteiger partial charge in [-0.15, -0.1) is 0 Å². The zero-order valence-electron chi connectivity index (χ0n) is 12.3. The predicted octanol–water partition coefficient (Wildman–Crippen LogP) is 1.23. The highest BCUT2D eigenvalue weighted by Gasteiger charge is 2.18. The fraction of sp³-hybridized carbons (Fsp3) is 0.714. The summed E-state index contributed by atoms with van der Waals surface area (Å²) in [4.78, 5) is 11.7. The lowest BCUT2D eigenvalue weighted by Crippen LogP contribution is -2.28.